The second-order valence-corrected chi connectivity index (χ2v) is 3.52. The molecule has 1 aromatic carbocycles. The first-order valence-electron chi connectivity index (χ1n) is 5.28. The van der Waals surface area contributed by atoms with E-state index in [1.807, 2.05) is 18.2 Å². The van der Waals surface area contributed by atoms with Crippen LogP contribution in [-0.4, -0.2) is 30.8 Å². The molecule has 80 valence electrons. The Labute approximate surface area is 89.4 Å². The largest absolute Gasteiger partial charge is 0.476 e. The highest BCUT2D eigenvalue weighted by atomic mass is 16.5. The molecule has 3 nitrogen and oxygen atoms in total. The maximum absolute atomic E-state index is 8.82. The minimum Gasteiger partial charge on any atom is -0.476 e. The number of nitrogens with zero attached hydrogens (tertiary/aromatic N) is 1. The van der Waals surface area contributed by atoms with E-state index in [0.717, 1.165) is 30.8 Å². The minimum absolute atomic E-state index is 0.224. The number of rotatable bonds is 4. The van der Waals surface area contributed by atoms with Gasteiger partial charge in [-0.25, -0.2) is 4.99 Å². The number of aliphatic imine (C=N–C) groups is 1. The molecule has 0 atom stereocenters. The quantitative estimate of drug-likeness (QED) is 0.807. The molecule has 0 fully saturated rings. The highest BCUT2D eigenvalue weighted by Crippen LogP contribution is 2.15. The molecule has 3 heteroatoms. The van der Waals surface area contributed by atoms with Crippen LogP contribution in [0, 0.1) is 0 Å². The first-order chi connectivity index (χ1) is 7.42. The normalized spacial score (nSPS) is 14.9. The smallest absolute Gasteiger partial charge is 0.216 e. The van der Waals surface area contributed by atoms with Crippen molar-refractivity contribution >= 4 is 5.90 Å². The Balaban J connectivity index is 2.21. The number of aryl methyl sites for hydroxylation is 1. The molecule has 1 N–H and O–H groups in total. The van der Waals surface area contributed by atoms with Crippen molar-refractivity contribution in [1.29, 1.82) is 0 Å². The van der Waals surface area contributed by atoms with Crippen molar-refractivity contribution in [2.45, 2.75) is 12.8 Å². The molecule has 15 heavy (non-hydrogen) atoms. The maximum atomic E-state index is 8.82. The zero-order valence-corrected chi connectivity index (χ0v) is 8.65. The molecule has 1 aliphatic rings. The zero-order chi connectivity index (χ0) is 10.5. The van der Waals surface area contributed by atoms with Gasteiger partial charge in [0.05, 0.1) is 6.54 Å². The molecule has 0 saturated carbocycles. The van der Waals surface area contributed by atoms with Gasteiger partial charge in [0.2, 0.25) is 5.90 Å². The summed E-state index contributed by atoms with van der Waals surface area (Å²) in [6, 6.07) is 8.08. The van der Waals surface area contributed by atoms with E-state index in [2.05, 4.69) is 11.1 Å². The van der Waals surface area contributed by atoms with Crippen molar-refractivity contribution in [3.05, 3.63) is 35.4 Å². The molecule has 2 rings (SSSR count). The molecule has 0 aromatic heterocycles. The van der Waals surface area contributed by atoms with Gasteiger partial charge in [0.1, 0.15) is 6.61 Å². The van der Waals surface area contributed by atoms with E-state index in [4.69, 9.17) is 9.84 Å². The predicted octanol–water partition coefficient (Wildman–Crippen LogP) is 1.39. The van der Waals surface area contributed by atoms with E-state index in [1.165, 1.54) is 5.56 Å². The van der Waals surface area contributed by atoms with Crippen molar-refractivity contribution < 1.29 is 9.84 Å². The summed E-state index contributed by atoms with van der Waals surface area (Å²) in [7, 11) is 0. The van der Waals surface area contributed by atoms with Gasteiger partial charge in [-0.15, -0.1) is 0 Å². The lowest BCUT2D eigenvalue weighted by Gasteiger charge is -2.08. The number of ether oxygens (including phenoxy) is 1. The number of hydrogen-bond acceptors (Lipinski definition) is 3. The van der Waals surface area contributed by atoms with E-state index < -0.39 is 0 Å². The SMILES string of the molecule is OCCCc1ccccc1C1=NCCO1. The Morgan fingerprint density at radius 2 is 2.20 bits per heavy atom. The van der Waals surface area contributed by atoms with Gasteiger partial charge in [-0.05, 0) is 24.5 Å². The van der Waals surface area contributed by atoms with Gasteiger partial charge in [0.15, 0.2) is 0 Å². The van der Waals surface area contributed by atoms with Crippen molar-refractivity contribution in [3.63, 3.8) is 0 Å². The van der Waals surface area contributed by atoms with Crippen LogP contribution in [0.25, 0.3) is 0 Å². The Kier molecular flexibility index (Phi) is 3.35. The van der Waals surface area contributed by atoms with Crippen LogP contribution in [0.15, 0.2) is 29.3 Å². The molecule has 0 spiro atoms. The molecule has 0 bridgehead atoms. The predicted molar refractivity (Wildman–Crippen MR) is 59.2 cm³/mol. The lowest BCUT2D eigenvalue weighted by molar-refractivity contribution is 0.288. The van der Waals surface area contributed by atoms with Gasteiger partial charge >= 0.3 is 0 Å². The van der Waals surface area contributed by atoms with E-state index in [9.17, 15) is 0 Å². The monoisotopic (exact) mass is 205 g/mol. The van der Waals surface area contributed by atoms with Crippen molar-refractivity contribution in [1.82, 2.24) is 0 Å². The molecule has 1 aliphatic heterocycles. The average Bonchev–Trinajstić information content (AvgIpc) is 2.80. The van der Waals surface area contributed by atoms with Crippen molar-refractivity contribution in [2.24, 2.45) is 4.99 Å². The second-order valence-electron chi connectivity index (χ2n) is 3.52. The Morgan fingerprint density at radius 3 is 2.93 bits per heavy atom. The lowest BCUT2D eigenvalue weighted by atomic mass is 10.0. The first kappa shape index (κ1) is 10.2. The van der Waals surface area contributed by atoms with Crippen LogP contribution in [0.4, 0.5) is 0 Å². The van der Waals surface area contributed by atoms with Crippen LogP contribution in [0.1, 0.15) is 17.5 Å². The molecule has 0 radical (unpaired) electrons. The molecule has 0 saturated heterocycles. The van der Waals surface area contributed by atoms with Crippen molar-refractivity contribution in [3.8, 4) is 0 Å². The van der Waals surface area contributed by atoms with Crippen LogP contribution in [0.3, 0.4) is 0 Å². The summed E-state index contributed by atoms with van der Waals surface area (Å²) in [6.45, 7) is 1.66. The van der Waals surface area contributed by atoms with Crippen LogP contribution in [-0.2, 0) is 11.2 Å². The molecule has 1 aromatic rings. The summed E-state index contributed by atoms with van der Waals surface area (Å²) in [5.41, 5.74) is 2.27. The van der Waals surface area contributed by atoms with Gasteiger partial charge in [-0.1, -0.05) is 18.2 Å². The highest BCUT2D eigenvalue weighted by Gasteiger charge is 2.13. The molecule has 0 amide bonds. The van der Waals surface area contributed by atoms with Crippen LogP contribution in [0.2, 0.25) is 0 Å². The molecular weight excluding hydrogens is 190 g/mol. The topological polar surface area (TPSA) is 41.8 Å². The fourth-order valence-electron chi connectivity index (χ4n) is 1.71. The standard InChI is InChI=1S/C12H15NO2/c14-8-3-5-10-4-1-2-6-11(10)12-13-7-9-15-12/h1-2,4,6,14H,3,5,7-9H2. The average molecular weight is 205 g/mol. The first-order valence-corrected chi connectivity index (χ1v) is 5.28. The van der Waals surface area contributed by atoms with Crippen molar-refractivity contribution in [2.75, 3.05) is 19.8 Å². The fourth-order valence-corrected chi connectivity index (χ4v) is 1.71. The number of hydrogen-bond donors (Lipinski definition) is 1. The van der Waals surface area contributed by atoms with E-state index in [1.54, 1.807) is 0 Å². The Bertz CT molecular complexity index is 360. The van der Waals surface area contributed by atoms with Gasteiger partial charge in [-0.3, -0.25) is 0 Å². The molecular formula is C12H15NO2. The highest BCUT2D eigenvalue weighted by molar-refractivity contribution is 5.96. The summed E-state index contributed by atoms with van der Waals surface area (Å²) in [4.78, 5) is 4.31. The summed E-state index contributed by atoms with van der Waals surface area (Å²) in [6.07, 6.45) is 1.65. The van der Waals surface area contributed by atoms with E-state index in [0.29, 0.717) is 6.61 Å². The summed E-state index contributed by atoms with van der Waals surface area (Å²) < 4.78 is 5.45. The van der Waals surface area contributed by atoms with E-state index in [-0.39, 0.29) is 6.61 Å². The maximum Gasteiger partial charge on any atom is 0.216 e. The number of aliphatic hydroxyl groups is 1. The summed E-state index contributed by atoms with van der Waals surface area (Å²) >= 11 is 0. The van der Waals surface area contributed by atoms with Crippen LogP contribution in [0.5, 0.6) is 0 Å². The summed E-state index contributed by atoms with van der Waals surface area (Å²) in [5, 5.41) is 8.82. The fraction of sp³-hybridized carbons (Fsp3) is 0.417. The number of benzene rings is 1. The number of aliphatic hydroxyl groups excluding tert-OH is 1. The van der Waals surface area contributed by atoms with Gasteiger partial charge in [0, 0.05) is 12.2 Å². The van der Waals surface area contributed by atoms with Gasteiger partial charge in [0.25, 0.3) is 0 Å². The molecule has 1 heterocycles. The summed E-state index contributed by atoms with van der Waals surface area (Å²) in [5.74, 6) is 0.753. The molecule has 0 aliphatic carbocycles. The molecule has 0 unspecified atom stereocenters. The lowest BCUT2D eigenvalue weighted by Crippen LogP contribution is -2.05. The van der Waals surface area contributed by atoms with Crippen LogP contribution < -0.4 is 0 Å². The minimum atomic E-state index is 0.224. The van der Waals surface area contributed by atoms with E-state index >= 15 is 0 Å². The third-order valence-corrected chi connectivity index (χ3v) is 2.44. The van der Waals surface area contributed by atoms with Gasteiger partial charge < -0.3 is 9.84 Å². The second kappa shape index (κ2) is 4.94. The third kappa shape index (κ3) is 2.36. The van der Waals surface area contributed by atoms with Gasteiger partial charge in [-0.2, -0.15) is 0 Å². The Hall–Kier alpha value is -1.35. The third-order valence-electron chi connectivity index (χ3n) is 2.44. The van der Waals surface area contributed by atoms with Crippen LogP contribution >= 0.6 is 0 Å². The zero-order valence-electron chi connectivity index (χ0n) is 8.65. The Morgan fingerprint density at radius 1 is 1.33 bits per heavy atom.